The number of carbonyl (C=O) groups is 1. The van der Waals surface area contributed by atoms with E-state index in [1.165, 1.54) is 38.8 Å². The van der Waals surface area contributed by atoms with Gasteiger partial charge in [0.15, 0.2) is 0 Å². The molecular formula is C27H38N6O. The van der Waals surface area contributed by atoms with Crippen LogP contribution in [0.3, 0.4) is 0 Å². The summed E-state index contributed by atoms with van der Waals surface area (Å²) in [5.41, 5.74) is 2.93. The molecule has 1 aromatic heterocycles. The van der Waals surface area contributed by atoms with Crippen molar-refractivity contribution in [3.8, 4) is 0 Å². The molecule has 2 aromatic rings. The van der Waals surface area contributed by atoms with E-state index < -0.39 is 0 Å². The first-order valence-corrected chi connectivity index (χ1v) is 12.8. The third-order valence-corrected chi connectivity index (χ3v) is 8.93. The van der Waals surface area contributed by atoms with E-state index in [-0.39, 0.29) is 17.4 Å². The number of anilines is 3. The SMILES string of the molecule is CC12CCC(C(NC(=O)c3ccnc(Nc4cccc(NCCN5CCCC5)c4)n3)C1)C2(C)C. The fourth-order valence-corrected chi connectivity index (χ4v) is 6.44. The van der Waals surface area contributed by atoms with Crippen LogP contribution in [0.1, 0.15) is 63.4 Å². The number of aromatic nitrogens is 2. The van der Waals surface area contributed by atoms with Gasteiger partial charge in [0.25, 0.3) is 5.91 Å². The summed E-state index contributed by atoms with van der Waals surface area (Å²) in [5.74, 6) is 0.850. The predicted molar refractivity (Wildman–Crippen MR) is 136 cm³/mol. The molecule has 182 valence electrons. The zero-order valence-electron chi connectivity index (χ0n) is 20.7. The van der Waals surface area contributed by atoms with E-state index in [2.05, 4.69) is 63.7 Å². The maximum atomic E-state index is 13.0. The molecule has 2 aliphatic carbocycles. The largest absolute Gasteiger partial charge is 0.384 e. The van der Waals surface area contributed by atoms with Gasteiger partial charge in [0.1, 0.15) is 5.69 Å². The average Bonchev–Trinajstić information content (AvgIpc) is 3.45. The van der Waals surface area contributed by atoms with Crippen molar-refractivity contribution in [1.29, 1.82) is 0 Å². The van der Waals surface area contributed by atoms with Crippen LogP contribution >= 0.6 is 0 Å². The highest BCUT2D eigenvalue weighted by Gasteiger charge is 2.60. The number of fused-ring (bicyclic) bond motifs is 2. The number of benzene rings is 1. The van der Waals surface area contributed by atoms with Gasteiger partial charge in [-0.3, -0.25) is 4.79 Å². The maximum absolute atomic E-state index is 13.0. The van der Waals surface area contributed by atoms with Gasteiger partial charge in [-0.2, -0.15) is 0 Å². The molecule has 3 atom stereocenters. The van der Waals surface area contributed by atoms with Crippen LogP contribution in [0.5, 0.6) is 0 Å². The second kappa shape index (κ2) is 9.17. The van der Waals surface area contributed by atoms with Crippen LogP contribution in [0.25, 0.3) is 0 Å². The number of hydrogen-bond acceptors (Lipinski definition) is 6. The standard InChI is InChI=1S/C27H38N6O/c1-26(2)21-9-11-27(26,3)18-23(21)31-24(34)22-10-12-29-25(32-22)30-20-8-6-7-19(17-20)28-13-16-33-14-4-5-15-33/h6-8,10,12,17,21,23,28H,4-5,9,11,13-16,18H2,1-3H3,(H,31,34)(H,29,30,32). The van der Waals surface area contributed by atoms with E-state index in [0.717, 1.165) is 30.9 Å². The van der Waals surface area contributed by atoms with Crippen molar-refractivity contribution in [3.05, 3.63) is 42.2 Å². The second-order valence-electron chi connectivity index (χ2n) is 11.2. The molecule has 5 rings (SSSR count). The molecule has 1 aromatic carbocycles. The van der Waals surface area contributed by atoms with Gasteiger partial charge in [-0.05, 0) is 86.2 Å². The Bertz CT molecular complexity index is 1030. The fourth-order valence-electron chi connectivity index (χ4n) is 6.44. The summed E-state index contributed by atoms with van der Waals surface area (Å²) in [6, 6.07) is 10.0. The third kappa shape index (κ3) is 4.50. The smallest absolute Gasteiger partial charge is 0.270 e. The highest BCUT2D eigenvalue weighted by molar-refractivity contribution is 5.92. The van der Waals surface area contributed by atoms with Crippen molar-refractivity contribution in [2.24, 2.45) is 16.7 Å². The molecule has 0 radical (unpaired) electrons. The first-order chi connectivity index (χ1) is 16.3. The van der Waals surface area contributed by atoms with Crippen LogP contribution in [-0.4, -0.2) is 53.0 Å². The maximum Gasteiger partial charge on any atom is 0.270 e. The molecule has 3 unspecified atom stereocenters. The summed E-state index contributed by atoms with van der Waals surface area (Å²) in [4.78, 5) is 24.4. The highest BCUT2D eigenvalue weighted by Crippen LogP contribution is 2.65. The molecule has 3 fully saturated rings. The minimum absolute atomic E-state index is 0.111. The van der Waals surface area contributed by atoms with Crippen molar-refractivity contribution in [2.75, 3.05) is 36.8 Å². The molecule has 2 heterocycles. The van der Waals surface area contributed by atoms with Crippen LogP contribution in [0, 0.1) is 16.7 Å². The molecule has 7 heteroatoms. The van der Waals surface area contributed by atoms with Gasteiger partial charge in [0, 0.05) is 36.7 Å². The normalized spacial score (nSPS) is 27.6. The quantitative estimate of drug-likeness (QED) is 0.529. The van der Waals surface area contributed by atoms with Gasteiger partial charge in [-0.1, -0.05) is 26.8 Å². The number of likely N-dealkylation sites (tertiary alicyclic amines) is 1. The molecule has 2 bridgehead atoms. The van der Waals surface area contributed by atoms with E-state index in [9.17, 15) is 4.79 Å². The highest BCUT2D eigenvalue weighted by atomic mass is 16.2. The Kier molecular flexibility index (Phi) is 6.23. The Morgan fingerprint density at radius 2 is 1.94 bits per heavy atom. The Balaban J connectivity index is 1.19. The van der Waals surface area contributed by atoms with E-state index in [4.69, 9.17) is 0 Å². The van der Waals surface area contributed by atoms with Crippen LogP contribution < -0.4 is 16.0 Å². The molecule has 2 saturated carbocycles. The topological polar surface area (TPSA) is 82.2 Å². The van der Waals surface area contributed by atoms with Crippen molar-refractivity contribution in [1.82, 2.24) is 20.2 Å². The van der Waals surface area contributed by atoms with Crippen LogP contribution in [0.2, 0.25) is 0 Å². The summed E-state index contributed by atoms with van der Waals surface area (Å²) in [7, 11) is 0. The van der Waals surface area contributed by atoms with E-state index in [1.54, 1.807) is 12.3 Å². The van der Waals surface area contributed by atoms with Gasteiger partial charge >= 0.3 is 0 Å². The van der Waals surface area contributed by atoms with Crippen LogP contribution in [-0.2, 0) is 0 Å². The zero-order chi connectivity index (χ0) is 23.8. The molecule has 1 aliphatic heterocycles. The van der Waals surface area contributed by atoms with Crippen LogP contribution in [0.4, 0.5) is 17.3 Å². The van der Waals surface area contributed by atoms with Gasteiger partial charge in [-0.15, -0.1) is 0 Å². The van der Waals surface area contributed by atoms with E-state index in [0.29, 0.717) is 23.0 Å². The van der Waals surface area contributed by atoms with Crippen molar-refractivity contribution in [2.45, 2.75) is 58.9 Å². The summed E-state index contributed by atoms with van der Waals surface area (Å²) < 4.78 is 0. The predicted octanol–water partition coefficient (Wildman–Crippen LogP) is 4.67. The minimum Gasteiger partial charge on any atom is -0.384 e. The average molecular weight is 463 g/mol. The Morgan fingerprint density at radius 3 is 2.68 bits per heavy atom. The number of nitrogens with zero attached hydrogens (tertiary/aromatic N) is 3. The molecular weight excluding hydrogens is 424 g/mol. The lowest BCUT2D eigenvalue weighted by Gasteiger charge is -2.33. The Morgan fingerprint density at radius 1 is 1.15 bits per heavy atom. The molecule has 34 heavy (non-hydrogen) atoms. The number of carbonyl (C=O) groups excluding carboxylic acids is 1. The number of hydrogen-bond donors (Lipinski definition) is 3. The van der Waals surface area contributed by atoms with Gasteiger partial charge in [-0.25, -0.2) is 9.97 Å². The molecule has 0 spiro atoms. The van der Waals surface area contributed by atoms with E-state index in [1.807, 2.05) is 12.1 Å². The summed E-state index contributed by atoms with van der Waals surface area (Å²) in [5, 5.41) is 10.0. The monoisotopic (exact) mass is 462 g/mol. The van der Waals surface area contributed by atoms with Crippen LogP contribution in [0.15, 0.2) is 36.5 Å². The molecule has 3 aliphatic rings. The van der Waals surface area contributed by atoms with E-state index >= 15 is 0 Å². The summed E-state index contributed by atoms with van der Waals surface area (Å²) in [6.07, 6.45) is 7.76. The Hall–Kier alpha value is -2.67. The first kappa shape index (κ1) is 23.1. The molecule has 1 saturated heterocycles. The molecule has 7 nitrogen and oxygen atoms in total. The number of nitrogens with one attached hydrogen (secondary N) is 3. The van der Waals surface area contributed by atoms with Gasteiger partial charge < -0.3 is 20.9 Å². The zero-order valence-corrected chi connectivity index (χ0v) is 20.7. The lowest BCUT2D eigenvalue weighted by molar-refractivity contribution is 0.0912. The lowest BCUT2D eigenvalue weighted by Crippen LogP contribution is -2.40. The first-order valence-electron chi connectivity index (χ1n) is 12.8. The second-order valence-corrected chi connectivity index (χ2v) is 11.2. The number of amides is 1. The number of rotatable bonds is 8. The fraction of sp³-hybridized carbons (Fsp3) is 0.593. The summed E-state index contributed by atoms with van der Waals surface area (Å²) >= 11 is 0. The minimum atomic E-state index is -0.111. The Labute approximate surface area is 203 Å². The van der Waals surface area contributed by atoms with Crippen molar-refractivity contribution < 1.29 is 4.79 Å². The molecule has 1 amide bonds. The molecule has 3 N–H and O–H groups in total. The summed E-state index contributed by atoms with van der Waals surface area (Å²) in [6.45, 7) is 11.5. The van der Waals surface area contributed by atoms with Crippen molar-refractivity contribution in [3.63, 3.8) is 0 Å². The third-order valence-electron chi connectivity index (χ3n) is 8.93. The lowest BCUT2D eigenvalue weighted by atomic mass is 9.71. The van der Waals surface area contributed by atoms with Gasteiger partial charge in [0.05, 0.1) is 0 Å². The van der Waals surface area contributed by atoms with Gasteiger partial charge in [0.2, 0.25) is 5.95 Å². The van der Waals surface area contributed by atoms with Crippen molar-refractivity contribution >= 4 is 23.2 Å².